The maximum atomic E-state index is 14.7. The van der Waals surface area contributed by atoms with Crippen molar-refractivity contribution in [1.29, 1.82) is 0 Å². The van der Waals surface area contributed by atoms with Gasteiger partial charge in [0.25, 0.3) is 0 Å². The van der Waals surface area contributed by atoms with Gasteiger partial charge in [-0.2, -0.15) is 0 Å². The van der Waals surface area contributed by atoms with Gasteiger partial charge >= 0.3 is 29.6 Å². The number of carbonyl (C=O) groups excluding carboxylic acids is 2. The van der Waals surface area contributed by atoms with Crippen LogP contribution >= 0.6 is 0 Å². The van der Waals surface area contributed by atoms with E-state index < -0.39 is 27.7 Å². The molecule has 1 aliphatic heterocycles. The van der Waals surface area contributed by atoms with E-state index in [2.05, 4.69) is 26.1 Å². The molecule has 1 atom stereocenters. The summed E-state index contributed by atoms with van der Waals surface area (Å²) in [6, 6.07) is 33.6. The number of anilines is 3. The van der Waals surface area contributed by atoms with E-state index in [0.717, 1.165) is 22.3 Å². The normalized spacial score (nSPS) is 12.3. The Morgan fingerprint density at radius 2 is 1.51 bits per heavy atom. The third-order valence-electron chi connectivity index (χ3n) is 7.35. The zero-order valence-electron chi connectivity index (χ0n) is 25.7. The fourth-order valence-electron chi connectivity index (χ4n) is 5.05. The minimum Gasteiger partial charge on any atom is -0.748 e. The molecule has 45 heavy (non-hydrogen) atoms. The minimum atomic E-state index is -4.69. The second kappa shape index (κ2) is 14.1. The third-order valence-corrected chi connectivity index (χ3v) is 7.96. The Morgan fingerprint density at radius 3 is 2.13 bits per heavy atom. The van der Waals surface area contributed by atoms with Crippen LogP contribution in [0.25, 0.3) is 11.3 Å². The van der Waals surface area contributed by atoms with Gasteiger partial charge in [0.05, 0.1) is 11.6 Å². The fraction of sp³-hybridized carbons (Fsp3) is 0.200. The van der Waals surface area contributed by atoms with E-state index in [1.54, 1.807) is 35.2 Å². The van der Waals surface area contributed by atoms with Crippen LogP contribution in [0.4, 0.5) is 17.3 Å². The topological polar surface area (TPSA) is 120 Å². The molecule has 2 amide bonds. The molecule has 0 spiro atoms. The molecule has 0 fully saturated rings. The number of carbonyl (C=O) groups is 2. The summed E-state index contributed by atoms with van der Waals surface area (Å²) in [7, 11) is -4.69. The third kappa shape index (κ3) is 8.71. The molecule has 1 heterocycles. The zero-order chi connectivity index (χ0) is 31.5. The van der Waals surface area contributed by atoms with Gasteiger partial charge in [-0.25, -0.2) is 8.42 Å². The van der Waals surface area contributed by atoms with E-state index in [-0.39, 0.29) is 40.9 Å². The maximum Gasteiger partial charge on any atom is 1.00 e. The summed E-state index contributed by atoms with van der Waals surface area (Å²) in [5.74, 6) is -1.79. The molecule has 3 aromatic carbocycles. The molecule has 1 aliphatic carbocycles. The molecule has 8 nitrogen and oxygen atoms in total. The average Bonchev–Trinajstić information content (AvgIpc) is 3.44. The first kappa shape index (κ1) is 34.1. The summed E-state index contributed by atoms with van der Waals surface area (Å²) in [4.78, 5) is 28.2. The Labute approximate surface area is 285 Å². The van der Waals surface area contributed by atoms with Crippen molar-refractivity contribution in [3.63, 3.8) is 0 Å². The molecular weight excluding hydrogens is 599 g/mol. The molecule has 5 rings (SSSR count). The maximum absolute atomic E-state index is 14.7. The smallest absolute Gasteiger partial charge is 0.748 e. The number of nitrogens with zero attached hydrogens (tertiary/aromatic N) is 1. The van der Waals surface area contributed by atoms with Crippen molar-refractivity contribution in [3.05, 3.63) is 126 Å². The summed E-state index contributed by atoms with van der Waals surface area (Å²) in [5, 5.41) is 2.42. The van der Waals surface area contributed by atoms with Crippen LogP contribution < -0.4 is 39.8 Å². The first-order valence-electron chi connectivity index (χ1n) is 14.2. The van der Waals surface area contributed by atoms with Gasteiger partial charge in [-0.1, -0.05) is 87.5 Å². The molecular formula is C35H33N2NaO6S. The largest absolute Gasteiger partial charge is 1.00 e. The number of hydrogen-bond donors (Lipinski definition) is 1. The predicted molar refractivity (Wildman–Crippen MR) is 170 cm³/mol. The van der Waals surface area contributed by atoms with Crippen LogP contribution in [0.15, 0.2) is 114 Å². The van der Waals surface area contributed by atoms with Crippen LogP contribution in [-0.2, 0) is 31.5 Å². The molecule has 3 aromatic rings. The molecule has 0 bridgehead atoms. The van der Waals surface area contributed by atoms with E-state index in [9.17, 15) is 22.6 Å². The molecule has 0 aromatic heterocycles. The number of hydrogen-bond acceptors (Lipinski definition) is 6. The summed E-state index contributed by atoms with van der Waals surface area (Å²) in [6.07, 6.45) is 0.332. The number of amides is 2. The van der Waals surface area contributed by atoms with E-state index in [1.165, 1.54) is 0 Å². The Hall–Kier alpha value is -3.73. The summed E-state index contributed by atoms with van der Waals surface area (Å²) in [6.45, 7) is 6.40. The molecule has 226 valence electrons. The van der Waals surface area contributed by atoms with E-state index in [0.29, 0.717) is 29.4 Å². The average molecular weight is 633 g/mol. The monoisotopic (exact) mass is 632 g/mol. The van der Waals surface area contributed by atoms with Crippen LogP contribution in [0.1, 0.15) is 43.4 Å². The van der Waals surface area contributed by atoms with Crippen molar-refractivity contribution >= 4 is 39.2 Å². The van der Waals surface area contributed by atoms with Gasteiger partial charge in [0, 0.05) is 17.3 Å². The van der Waals surface area contributed by atoms with Crippen LogP contribution in [-0.4, -0.2) is 30.5 Å². The number of benzene rings is 3. The Balaban J connectivity index is 0.00000461. The number of rotatable bonds is 9. The van der Waals surface area contributed by atoms with Gasteiger partial charge in [-0.15, -0.1) is 0 Å². The minimum absolute atomic E-state index is 0. The van der Waals surface area contributed by atoms with E-state index in [1.807, 2.05) is 78.9 Å². The van der Waals surface area contributed by atoms with Crippen molar-refractivity contribution in [3.8, 4) is 11.3 Å². The van der Waals surface area contributed by atoms with Gasteiger partial charge < -0.3 is 14.3 Å². The Kier molecular flexibility index (Phi) is 10.7. The van der Waals surface area contributed by atoms with Gasteiger partial charge in [-0.05, 0) is 64.9 Å². The molecule has 0 radical (unpaired) electrons. The van der Waals surface area contributed by atoms with Crippen LogP contribution in [0.3, 0.4) is 0 Å². The van der Waals surface area contributed by atoms with Gasteiger partial charge in [-0.3, -0.25) is 14.5 Å². The second-order valence-electron chi connectivity index (χ2n) is 11.7. The van der Waals surface area contributed by atoms with Crippen LogP contribution in [0.2, 0.25) is 0 Å². The van der Waals surface area contributed by atoms with Crippen molar-refractivity contribution in [2.75, 3.05) is 16.0 Å². The van der Waals surface area contributed by atoms with E-state index in [4.69, 9.17) is 4.42 Å². The first-order valence-corrected chi connectivity index (χ1v) is 15.8. The summed E-state index contributed by atoms with van der Waals surface area (Å²) < 4.78 is 39.0. The number of para-hydroxylation sites is 1. The Morgan fingerprint density at radius 1 is 0.844 bits per heavy atom. The van der Waals surface area contributed by atoms with Crippen molar-refractivity contribution in [1.82, 2.24) is 0 Å². The molecule has 2 aliphatic rings. The zero-order valence-corrected chi connectivity index (χ0v) is 28.5. The quantitative estimate of drug-likeness (QED) is 0.195. The van der Waals surface area contributed by atoms with Crippen molar-refractivity contribution < 1.29 is 56.5 Å². The molecule has 0 saturated heterocycles. The molecule has 10 heteroatoms. The van der Waals surface area contributed by atoms with E-state index >= 15 is 0 Å². The predicted octanol–water partition coefficient (Wildman–Crippen LogP) is 3.86. The second-order valence-corrected chi connectivity index (χ2v) is 13.1. The summed E-state index contributed by atoms with van der Waals surface area (Å²) >= 11 is 0. The van der Waals surface area contributed by atoms with Crippen LogP contribution in [0.5, 0.6) is 0 Å². The first-order chi connectivity index (χ1) is 20.9. The van der Waals surface area contributed by atoms with Gasteiger partial charge in [0.2, 0.25) is 17.7 Å². The fourth-order valence-corrected chi connectivity index (χ4v) is 5.45. The Bertz CT molecular complexity index is 1830. The van der Waals surface area contributed by atoms with Crippen molar-refractivity contribution in [2.45, 2.75) is 38.5 Å². The van der Waals surface area contributed by atoms with Crippen molar-refractivity contribution in [2.24, 2.45) is 0 Å². The standard InChI is InChI=1S/C35H34N2O6S.Na/c1-35(2,3)27-17-14-25(15-18-27)30(22-24-12-19-28(20-13-24)36-32(38)23-44(40,41)42)34(39)37(29-9-5-4-6-10-29)33-21-16-26-8-7-11-31(26)43-33;/h4-21,30H,22-23H2,1-3H3,(H,36,38)(H,40,41,42);/q;+1/p-1. The van der Waals surface area contributed by atoms with Gasteiger partial charge in [0.15, 0.2) is 0 Å². The van der Waals surface area contributed by atoms with Gasteiger partial charge in [0.1, 0.15) is 21.6 Å². The SMILES string of the molecule is CC(C)(C)c1ccc(C(Cc2ccc(NC(=O)CS(=O)(=O)[O-])cc2)C(=O)N(c2ccccc2)c2ccc3cccc-3o2)cc1.[Na+]. The summed E-state index contributed by atoms with van der Waals surface area (Å²) in [5.41, 5.74) is 4.66. The number of nitrogens with one attached hydrogen (secondary N) is 1. The molecule has 1 unspecified atom stereocenters. The molecule has 1 N–H and O–H groups in total. The molecule has 0 saturated carbocycles. The van der Waals surface area contributed by atoms with Crippen LogP contribution in [0, 0.1) is 0 Å². The number of fused-ring (bicyclic) bond motifs is 1.